The molecular weight excluding hydrogens is 464 g/mol. The molecule has 1 atom stereocenters. The maximum absolute atomic E-state index is 16.0. The number of aliphatic hydroxyl groups is 1. The van der Waals surface area contributed by atoms with Crippen LogP contribution in [0, 0.1) is 11.6 Å². The molecule has 3 aromatic rings. The molecule has 10 heteroatoms. The number of nitrogens with one attached hydrogen (secondary N) is 2. The van der Waals surface area contributed by atoms with Crippen LogP contribution in [0.5, 0.6) is 0 Å². The molecule has 2 aromatic heterocycles. The molecule has 4 heterocycles. The van der Waals surface area contributed by atoms with Crippen molar-refractivity contribution in [2.75, 3.05) is 29.9 Å². The van der Waals surface area contributed by atoms with E-state index in [9.17, 15) is 9.90 Å². The lowest BCUT2D eigenvalue weighted by Gasteiger charge is -2.42. The van der Waals surface area contributed by atoms with Gasteiger partial charge in [-0.2, -0.15) is 0 Å². The first-order chi connectivity index (χ1) is 16.3. The molecule has 1 amide bonds. The van der Waals surface area contributed by atoms with Gasteiger partial charge >= 0.3 is 0 Å². The summed E-state index contributed by atoms with van der Waals surface area (Å²) in [5, 5.41) is 15.4. The lowest BCUT2D eigenvalue weighted by molar-refractivity contribution is 0.0968. The number of anilines is 2. The fourth-order valence-corrected chi connectivity index (χ4v) is 4.67. The van der Waals surface area contributed by atoms with Crippen LogP contribution in [0.25, 0.3) is 0 Å². The maximum atomic E-state index is 16.0. The molecule has 1 saturated heterocycles. The van der Waals surface area contributed by atoms with Gasteiger partial charge in [0, 0.05) is 48.6 Å². The van der Waals surface area contributed by atoms with E-state index in [0.29, 0.717) is 24.5 Å². The van der Waals surface area contributed by atoms with Gasteiger partial charge in [0.1, 0.15) is 11.6 Å². The fourth-order valence-electron chi connectivity index (χ4n) is 4.49. The summed E-state index contributed by atoms with van der Waals surface area (Å²) >= 11 is 6.09. The van der Waals surface area contributed by atoms with E-state index in [-0.39, 0.29) is 46.7 Å². The Kier molecular flexibility index (Phi) is 5.71. The fraction of sp³-hybridized carbons (Fsp3) is 0.292. The largest absolute Gasteiger partial charge is 0.392 e. The predicted octanol–water partition coefficient (Wildman–Crippen LogP) is 3.25. The minimum Gasteiger partial charge on any atom is -0.392 e. The Balaban J connectivity index is 1.69. The van der Waals surface area contributed by atoms with Crippen LogP contribution >= 0.6 is 11.6 Å². The quantitative estimate of drug-likeness (QED) is 0.514. The van der Waals surface area contributed by atoms with Crippen molar-refractivity contribution in [1.29, 1.82) is 0 Å². The van der Waals surface area contributed by atoms with Gasteiger partial charge in [-0.25, -0.2) is 18.7 Å². The zero-order valence-electron chi connectivity index (χ0n) is 18.3. The SMILES string of the molecule is C[C@]1(c2cccc(Cl)c2F)CN(c2ccc(CO)cn2)C(=O)c2cnc(NC3CNC3)c(F)c21. The molecule has 0 aliphatic carbocycles. The maximum Gasteiger partial charge on any atom is 0.261 e. The van der Waals surface area contributed by atoms with Crippen molar-refractivity contribution in [1.82, 2.24) is 15.3 Å². The standard InChI is InChI=1S/C24H22ClF2N5O2/c1-24(16-3-2-4-17(25)20(16)26)12-32(18-6-5-13(11-33)7-29-18)23(34)15-10-30-22(21(27)19(15)24)31-14-8-28-9-14/h2-7,10,14,28,33H,8-9,11-12H2,1H3,(H,30,31)/t24-/m1/s1. The molecule has 0 unspecified atom stereocenters. The van der Waals surface area contributed by atoms with Crippen LogP contribution in [0.4, 0.5) is 20.4 Å². The van der Waals surface area contributed by atoms with Gasteiger partial charge in [-0.15, -0.1) is 0 Å². The van der Waals surface area contributed by atoms with Gasteiger partial charge in [-0.3, -0.25) is 9.69 Å². The van der Waals surface area contributed by atoms with Crippen LogP contribution in [0.15, 0.2) is 42.7 Å². The number of aromatic nitrogens is 2. The summed E-state index contributed by atoms with van der Waals surface area (Å²) in [4.78, 5) is 23.3. The van der Waals surface area contributed by atoms with E-state index < -0.39 is 23.0 Å². The van der Waals surface area contributed by atoms with E-state index in [2.05, 4.69) is 20.6 Å². The minimum atomic E-state index is -1.29. The monoisotopic (exact) mass is 485 g/mol. The van der Waals surface area contributed by atoms with Crippen molar-refractivity contribution >= 4 is 29.1 Å². The van der Waals surface area contributed by atoms with E-state index in [1.54, 1.807) is 31.2 Å². The third-order valence-corrected chi connectivity index (χ3v) is 6.75. The highest BCUT2D eigenvalue weighted by molar-refractivity contribution is 6.30. The van der Waals surface area contributed by atoms with Crippen molar-refractivity contribution in [2.24, 2.45) is 0 Å². The van der Waals surface area contributed by atoms with Crippen LogP contribution < -0.4 is 15.5 Å². The molecule has 0 saturated carbocycles. The Labute approximate surface area is 199 Å². The van der Waals surface area contributed by atoms with Crippen LogP contribution in [0.1, 0.15) is 34.0 Å². The Morgan fingerprint density at radius 3 is 2.65 bits per heavy atom. The zero-order chi connectivity index (χ0) is 24.0. The Morgan fingerprint density at radius 2 is 2.00 bits per heavy atom. The molecule has 1 aromatic carbocycles. The number of rotatable bonds is 5. The predicted molar refractivity (Wildman–Crippen MR) is 124 cm³/mol. The molecule has 1 fully saturated rings. The third-order valence-electron chi connectivity index (χ3n) is 6.46. The van der Waals surface area contributed by atoms with Crippen molar-refractivity contribution in [2.45, 2.75) is 25.0 Å². The number of carbonyl (C=O) groups excluding carboxylic acids is 1. The number of benzene rings is 1. The smallest absolute Gasteiger partial charge is 0.261 e. The Bertz CT molecular complexity index is 1270. The van der Waals surface area contributed by atoms with Crippen molar-refractivity contribution in [3.05, 3.63) is 81.6 Å². The Hall–Kier alpha value is -3.14. The minimum absolute atomic E-state index is 0.0132. The number of halogens is 3. The first-order valence-corrected chi connectivity index (χ1v) is 11.2. The number of aliphatic hydroxyl groups excluding tert-OH is 1. The van der Waals surface area contributed by atoms with Crippen LogP contribution in [-0.2, 0) is 12.0 Å². The van der Waals surface area contributed by atoms with E-state index in [0.717, 1.165) is 0 Å². The van der Waals surface area contributed by atoms with Crippen LogP contribution in [0.2, 0.25) is 5.02 Å². The van der Waals surface area contributed by atoms with Crippen molar-refractivity contribution < 1.29 is 18.7 Å². The normalized spacial score (nSPS) is 20.1. The number of hydrogen-bond donors (Lipinski definition) is 3. The number of fused-ring (bicyclic) bond motifs is 1. The van der Waals surface area contributed by atoms with Gasteiger partial charge in [0.15, 0.2) is 11.6 Å². The summed E-state index contributed by atoms with van der Waals surface area (Å²) in [6.45, 7) is 2.74. The third kappa shape index (κ3) is 3.60. The second-order valence-corrected chi connectivity index (χ2v) is 9.12. The second kappa shape index (κ2) is 8.57. The van der Waals surface area contributed by atoms with Gasteiger partial charge < -0.3 is 15.7 Å². The molecular formula is C24H22ClF2N5O2. The van der Waals surface area contributed by atoms with Gasteiger partial charge in [0.2, 0.25) is 0 Å². The molecule has 7 nitrogen and oxygen atoms in total. The second-order valence-electron chi connectivity index (χ2n) is 8.72. The van der Waals surface area contributed by atoms with Gasteiger partial charge in [0.05, 0.1) is 23.2 Å². The highest BCUT2D eigenvalue weighted by Gasteiger charge is 2.46. The summed E-state index contributed by atoms with van der Waals surface area (Å²) in [5.74, 6) is -1.55. The molecule has 34 heavy (non-hydrogen) atoms. The number of carbonyl (C=O) groups is 1. The van der Waals surface area contributed by atoms with Crippen LogP contribution in [-0.4, -0.2) is 46.7 Å². The number of pyridine rings is 2. The van der Waals surface area contributed by atoms with Gasteiger partial charge in [-0.1, -0.05) is 29.8 Å². The zero-order valence-corrected chi connectivity index (χ0v) is 19.0. The molecule has 0 radical (unpaired) electrons. The van der Waals surface area contributed by atoms with E-state index in [1.165, 1.54) is 23.4 Å². The first-order valence-electron chi connectivity index (χ1n) is 10.8. The molecule has 0 bridgehead atoms. The number of amides is 1. The van der Waals surface area contributed by atoms with Crippen molar-refractivity contribution in [3.63, 3.8) is 0 Å². The summed E-state index contributed by atoms with van der Waals surface area (Å²) in [7, 11) is 0. The van der Waals surface area contributed by atoms with E-state index in [4.69, 9.17) is 11.6 Å². The van der Waals surface area contributed by atoms with E-state index in [1.807, 2.05) is 0 Å². The lowest BCUT2D eigenvalue weighted by atomic mass is 9.71. The summed E-state index contributed by atoms with van der Waals surface area (Å²) < 4.78 is 31.3. The first kappa shape index (κ1) is 22.6. The summed E-state index contributed by atoms with van der Waals surface area (Å²) in [6.07, 6.45) is 2.78. The van der Waals surface area contributed by atoms with Gasteiger partial charge in [0.25, 0.3) is 5.91 Å². The molecule has 176 valence electrons. The van der Waals surface area contributed by atoms with Crippen molar-refractivity contribution in [3.8, 4) is 0 Å². The highest BCUT2D eigenvalue weighted by Crippen LogP contribution is 2.44. The topological polar surface area (TPSA) is 90.4 Å². The molecule has 0 spiro atoms. The molecule has 3 N–H and O–H groups in total. The average molecular weight is 486 g/mol. The summed E-state index contributed by atoms with van der Waals surface area (Å²) in [6, 6.07) is 7.81. The average Bonchev–Trinajstić information content (AvgIpc) is 2.81. The van der Waals surface area contributed by atoms with Crippen LogP contribution in [0.3, 0.4) is 0 Å². The van der Waals surface area contributed by atoms with E-state index >= 15 is 8.78 Å². The molecule has 2 aliphatic rings. The van der Waals surface area contributed by atoms with Gasteiger partial charge in [-0.05, 0) is 24.6 Å². The number of nitrogens with zero attached hydrogens (tertiary/aromatic N) is 3. The highest BCUT2D eigenvalue weighted by atomic mass is 35.5. The Morgan fingerprint density at radius 1 is 1.21 bits per heavy atom. The molecule has 5 rings (SSSR count). The summed E-state index contributed by atoms with van der Waals surface area (Å²) in [5.41, 5.74) is -0.475. The molecule has 2 aliphatic heterocycles. The lowest BCUT2D eigenvalue weighted by Crippen LogP contribution is -2.52. The number of hydrogen-bond acceptors (Lipinski definition) is 6.